The predicted octanol–water partition coefficient (Wildman–Crippen LogP) is 0.0914. The molecule has 0 saturated heterocycles. The van der Waals surface area contributed by atoms with Gasteiger partial charge >= 0.3 is 0 Å². The van der Waals surface area contributed by atoms with Crippen LogP contribution in [0.5, 0.6) is 0 Å². The van der Waals surface area contributed by atoms with E-state index in [-0.39, 0.29) is 13.9 Å². The molecule has 0 aromatic rings. The summed E-state index contributed by atoms with van der Waals surface area (Å²) in [7, 11) is 18.8. The fourth-order valence-corrected chi connectivity index (χ4v) is 1.38. The van der Waals surface area contributed by atoms with Crippen molar-refractivity contribution < 1.29 is 33.7 Å². The summed E-state index contributed by atoms with van der Waals surface area (Å²) in [5, 5.41) is 0. The van der Waals surface area contributed by atoms with Gasteiger partial charge in [-0.1, -0.05) is 0 Å². The van der Waals surface area contributed by atoms with Crippen LogP contribution in [0.3, 0.4) is 0 Å². The first-order valence-electron chi connectivity index (χ1n) is 5.57. The van der Waals surface area contributed by atoms with Gasteiger partial charge in [0.15, 0.2) is 7.05 Å². The van der Waals surface area contributed by atoms with Gasteiger partial charge in [0.2, 0.25) is 4.97 Å². The monoisotopic (exact) mass is 254 g/mol. The van der Waals surface area contributed by atoms with E-state index in [0.29, 0.717) is 0 Å². The Balaban J connectivity index is 4.95. The highest BCUT2D eigenvalue weighted by atomic mass is 17.3. The first kappa shape index (κ1) is 16.7. The number of rotatable bonds is 6. The molecular weight excluding hydrogens is 224 g/mol. The molecule has 0 saturated carbocycles. The average Bonchev–Trinajstić information content (AvgIpc) is 1.65. The first-order valence-corrected chi connectivity index (χ1v) is 5.57. The van der Waals surface area contributed by atoms with Gasteiger partial charge in [-0.25, -0.2) is 0 Å². The number of quaternary nitrogens is 4. The average molecular weight is 254 g/mol. The summed E-state index contributed by atoms with van der Waals surface area (Å²) in [6.45, 7) is 0. The van der Waals surface area contributed by atoms with Crippen molar-refractivity contribution >= 4 is 0 Å². The van der Waals surface area contributed by atoms with Gasteiger partial charge in [-0.05, 0) is 0 Å². The summed E-state index contributed by atoms with van der Waals surface area (Å²) in [4.78, 5) is 16.9. The Morgan fingerprint density at radius 2 is 0.588 bits per heavy atom. The molecule has 0 unspecified atom stereocenters. The van der Waals surface area contributed by atoms with Gasteiger partial charge in [0.25, 0.3) is 0 Å². The van der Waals surface area contributed by atoms with Crippen molar-refractivity contribution in [1.82, 2.24) is 0 Å². The van der Waals surface area contributed by atoms with Crippen LogP contribution < -0.4 is 0 Å². The van der Waals surface area contributed by atoms with Gasteiger partial charge in [0, 0.05) is 0 Å². The molecule has 0 fully saturated rings. The van der Waals surface area contributed by atoms with Gasteiger partial charge in [0.1, 0.15) is 63.4 Å². The summed E-state index contributed by atoms with van der Waals surface area (Å²) < 4.78 is 0.781. The minimum Gasteiger partial charge on any atom is -0.127 e. The molecule has 0 bridgehead atoms. The molecule has 0 rings (SSSR count). The largest absolute Gasteiger partial charge is 0.249 e. The number of hydrogen-bond acceptors (Lipinski definition) is 3. The van der Waals surface area contributed by atoms with E-state index in [4.69, 9.17) is 14.8 Å². The standard InChI is InChI=1S/C10H30N4O3/c1-11(2,3)15-14(10,16-12(4,5)6)17-13(7,8)9/h1-10H3/q+4. The fraction of sp³-hybridized carbons (Fsp3) is 1.00. The molecule has 0 amide bonds. The van der Waals surface area contributed by atoms with E-state index in [9.17, 15) is 0 Å². The van der Waals surface area contributed by atoms with Gasteiger partial charge in [0.05, 0.1) is 14.8 Å². The first-order chi connectivity index (χ1) is 7.12. The maximum Gasteiger partial charge on any atom is 0.249 e. The van der Waals surface area contributed by atoms with E-state index >= 15 is 0 Å². The third kappa shape index (κ3) is 9.42. The quantitative estimate of drug-likeness (QED) is 0.497. The lowest BCUT2D eigenvalue weighted by atomic mass is 10.9. The Kier molecular flexibility index (Phi) is 4.69. The summed E-state index contributed by atoms with van der Waals surface area (Å²) in [5.41, 5.74) is 0. The zero-order chi connectivity index (χ0) is 14.1. The molecule has 0 aliphatic heterocycles. The third-order valence-corrected chi connectivity index (χ3v) is 1.18. The van der Waals surface area contributed by atoms with Crippen molar-refractivity contribution in [2.75, 3.05) is 70.5 Å². The minimum absolute atomic E-state index is 0.260. The maximum absolute atomic E-state index is 5.78. The van der Waals surface area contributed by atoms with Crippen LogP contribution in [0, 0.1) is 0 Å². The molecule has 0 aliphatic carbocycles. The molecule has 104 valence electrons. The van der Waals surface area contributed by atoms with Crippen LogP contribution in [-0.2, 0) is 14.8 Å². The van der Waals surface area contributed by atoms with Gasteiger partial charge in [-0.3, -0.25) is 0 Å². The van der Waals surface area contributed by atoms with E-state index in [1.54, 1.807) is 7.05 Å². The molecule has 0 aromatic heterocycles. The van der Waals surface area contributed by atoms with Crippen molar-refractivity contribution in [3.63, 3.8) is 0 Å². The van der Waals surface area contributed by atoms with Gasteiger partial charge in [-0.15, -0.1) is 13.9 Å². The van der Waals surface area contributed by atoms with E-state index in [1.807, 2.05) is 63.4 Å². The second-order valence-electron chi connectivity index (χ2n) is 6.68. The minimum atomic E-state index is -0.406. The topological polar surface area (TPSA) is 27.7 Å². The summed E-state index contributed by atoms with van der Waals surface area (Å²) in [6.07, 6.45) is 0. The fourth-order valence-electron chi connectivity index (χ4n) is 1.38. The van der Waals surface area contributed by atoms with Crippen molar-refractivity contribution in [2.45, 2.75) is 0 Å². The molecule has 0 spiro atoms. The zero-order valence-electron chi connectivity index (χ0n) is 13.0. The van der Waals surface area contributed by atoms with E-state index < -0.39 is 4.97 Å². The highest BCUT2D eigenvalue weighted by Gasteiger charge is 2.49. The van der Waals surface area contributed by atoms with Crippen molar-refractivity contribution in [3.05, 3.63) is 0 Å². The normalized spacial score (nSPS) is 15.2. The smallest absolute Gasteiger partial charge is 0.127 e. The summed E-state index contributed by atoms with van der Waals surface area (Å²) in [5.74, 6) is 0. The molecule has 0 heterocycles. The molecule has 0 aromatic carbocycles. The zero-order valence-corrected chi connectivity index (χ0v) is 13.0. The number of hydroxylamine groups is 12. The van der Waals surface area contributed by atoms with Gasteiger partial charge in [-0.2, -0.15) is 0 Å². The Hall–Kier alpha value is -0.280. The lowest BCUT2D eigenvalue weighted by Gasteiger charge is -2.33. The molecule has 0 N–H and O–H groups in total. The Morgan fingerprint density at radius 1 is 0.412 bits per heavy atom. The molecule has 7 nitrogen and oxygen atoms in total. The molecule has 0 aliphatic rings. The molecule has 0 radical (unpaired) electrons. The number of nitrogens with zero attached hydrogens (tertiary/aromatic N) is 4. The van der Waals surface area contributed by atoms with Crippen LogP contribution in [0.25, 0.3) is 0 Å². The van der Waals surface area contributed by atoms with Crippen LogP contribution in [0.4, 0.5) is 0 Å². The number of hydrogen-bond donors (Lipinski definition) is 0. The van der Waals surface area contributed by atoms with E-state index in [2.05, 4.69) is 0 Å². The SMILES string of the molecule is C[N+](C)(C)O[N+](C)(O[N+](C)(C)C)O[N+](C)(C)C. The van der Waals surface area contributed by atoms with Crippen LogP contribution >= 0.6 is 0 Å². The molecule has 0 atom stereocenters. The summed E-state index contributed by atoms with van der Waals surface area (Å²) in [6, 6.07) is 0. The Bertz CT molecular complexity index is 209. The van der Waals surface area contributed by atoms with E-state index in [0.717, 1.165) is 0 Å². The predicted molar refractivity (Wildman–Crippen MR) is 63.5 cm³/mol. The second-order valence-corrected chi connectivity index (χ2v) is 6.68. The Morgan fingerprint density at radius 3 is 0.706 bits per heavy atom. The molecule has 17 heavy (non-hydrogen) atoms. The highest BCUT2D eigenvalue weighted by molar-refractivity contribution is 3.81. The lowest BCUT2D eigenvalue weighted by Crippen LogP contribution is -2.62. The lowest BCUT2D eigenvalue weighted by molar-refractivity contribution is -1.60. The molecular formula is C10H30N4O3+4. The van der Waals surface area contributed by atoms with Crippen molar-refractivity contribution in [2.24, 2.45) is 0 Å². The summed E-state index contributed by atoms with van der Waals surface area (Å²) >= 11 is 0. The second kappa shape index (κ2) is 4.77. The van der Waals surface area contributed by atoms with Crippen LogP contribution in [0.1, 0.15) is 0 Å². The van der Waals surface area contributed by atoms with Crippen LogP contribution in [-0.4, -0.2) is 89.4 Å². The van der Waals surface area contributed by atoms with Crippen molar-refractivity contribution in [1.29, 1.82) is 0 Å². The maximum atomic E-state index is 5.78. The Labute approximate surface area is 105 Å². The van der Waals surface area contributed by atoms with Crippen LogP contribution in [0.2, 0.25) is 0 Å². The van der Waals surface area contributed by atoms with Crippen molar-refractivity contribution in [3.8, 4) is 0 Å². The van der Waals surface area contributed by atoms with Crippen LogP contribution in [0.15, 0.2) is 0 Å². The highest BCUT2D eigenvalue weighted by Crippen LogP contribution is 2.18. The molecule has 7 heteroatoms. The van der Waals surface area contributed by atoms with Gasteiger partial charge < -0.3 is 0 Å². The van der Waals surface area contributed by atoms with E-state index in [1.165, 1.54) is 0 Å². The third-order valence-electron chi connectivity index (χ3n) is 1.18.